The van der Waals surface area contributed by atoms with Crippen molar-refractivity contribution < 1.29 is 9.53 Å². The van der Waals surface area contributed by atoms with Gasteiger partial charge in [0.1, 0.15) is 6.61 Å². The first-order valence-corrected chi connectivity index (χ1v) is 6.94. The third kappa shape index (κ3) is 5.86. The van der Waals surface area contributed by atoms with Gasteiger partial charge in [0.25, 0.3) is 0 Å². The predicted octanol–water partition coefficient (Wildman–Crippen LogP) is -0.896. The van der Waals surface area contributed by atoms with E-state index in [4.69, 9.17) is 10.5 Å². The molecule has 1 rings (SSSR count). The second kappa shape index (κ2) is 7.79. The molecule has 0 aromatic heterocycles. The molecule has 3 N–H and O–H groups in total. The van der Waals surface area contributed by atoms with Gasteiger partial charge in [-0.25, -0.2) is 0 Å². The number of rotatable bonds is 7. The van der Waals surface area contributed by atoms with Crippen molar-refractivity contribution in [2.45, 2.75) is 19.4 Å². The number of nitrogens with two attached hydrogens (primary N) is 1. The summed E-state index contributed by atoms with van der Waals surface area (Å²) in [5, 5.41) is 2.93. The van der Waals surface area contributed by atoms with Crippen LogP contribution in [0.1, 0.15) is 13.8 Å². The molecule has 0 saturated carbocycles. The fourth-order valence-electron chi connectivity index (χ4n) is 2.14. The molecule has 6 nitrogen and oxygen atoms in total. The van der Waals surface area contributed by atoms with E-state index in [1.807, 2.05) is 0 Å². The number of carbonyl (C=O) groups is 1. The lowest BCUT2D eigenvalue weighted by Crippen LogP contribution is -2.58. The van der Waals surface area contributed by atoms with Gasteiger partial charge >= 0.3 is 0 Å². The summed E-state index contributed by atoms with van der Waals surface area (Å²) in [6.45, 7) is 10.2. The molecule has 0 aromatic rings. The topological polar surface area (TPSA) is 70.8 Å². The van der Waals surface area contributed by atoms with Crippen molar-refractivity contribution >= 4 is 5.91 Å². The number of ether oxygens (including phenoxy) is 1. The number of nitrogens with one attached hydrogen (secondary N) is 1. The fourth-order valence-corrected chi connectivity index (χ4v) is 2.14. The van der Waals surface area contributed by atoms with Gasteiger partial charge in [0.15, 0.2) is 0 Å². The number of nitrogens with zero attached hydrogens (tertiary/aromatic N) is 2. The van der Waals surface area contributed by atoms with Crippen LogP contribution < -0.4 is 11.1 Å². The van der Waals surface area contributed by atoms with E-state index >= 15 is 0 Å². The molecular formula is C13H28N4O2. The van der Waals surface area contributed by atoms with Crippen molar-refractivity contribution in [3.63, 3.8) is 0 Å². The smallest absolute Gasteiger partial charge is 0.246 e. The summed E-state index contributed by atoms with van der Waals surface area (Å²) >= 11 is 0. The number of likely N-dealkylation sites (N-methyl/N-ethyl adjacent to an activating group) is 1. The third-order valence-electron chi connectivity index (χ3n) is 3.57. The van der Waals surface area contributed by atoms with Gasteiger partial charge in [-0.05, 0) is 20.9 Å². The van der Waals surface area contributed by atoms with Gasteiger partial charge in [-0.1, -0.05) is 0 Å². The van der Waals surface area contributed by atoms with Gasteiger partial charge in [0.05, 0.1) is 6.61 Å². The van der Waals surface area contributed by atoms with Crippen molar-refractivity contribution in [1.82, 2.24) is 15.1 Å². The van der Waals surface area contributed by atoms with Gasteiger partial charge in [0, 0.05) is 44.8 Å². The molecule has 0 aliphatic carbocycles. The van der Waals surface area contributed by atoms with Gasteiger partial charge in [-0.3, -0.25) is 9.69 Å². The van der Waals surface area contributed by atoms with E-state index in [0.717, 1.165) is 26.2 Å². The molecule has 0 atom stereocenters. The number of carbonyl (C=O) groups excluding carboxylic acids is 1. The number of piperazine rings is 1. The van der Waals surface area contributed by atoms with Crippen LogP contribution in [0.2, 0.25) is 0 Å². The Bertz CT molecular complexity index is 276. The number of hydrogen-bond donors (Lipinski definition) is 2. The van der Waals surface area contributed by atoms with Crippen molar-refractivity contribution in [3.05, 3.63) is 0 Å². The van der Waals surface area contributed by atoms with Crippen LogP contribution >= 0.6 is 0 Å². The summed E-state index contributed by atoms with van der Waals surface area (Å²) < 4.78 is 5.11. The maximum Gasteiger partial charge on any atom is 0.246 e. The fraction of sp³-hybridized carbons (Fsp3) is 0.923. The SMILES string of the molecule is CN1CCN(C(C)(C)CNC(=O)COCCN)CC1. The molecule has 19 heavy (non-hydrogen) atoms. The first-order valence-electron chi connectivity index (χ1n) is 6.94. The highest BCUT2D eigenvalue weighted by Crippen LogP contribution is 2.15. The lowest BCUT2D eigenvalue weighted by molar-refractivity contribution is -0.126. The molecule has 1 heterocycles. The minimum Gasteiger partial charge on any atom is -0.370 e. The van der Waals surface area contributed by atoms with Crippen LogP contribution in [-0.2, 0) is 9.53 Å². The summed E-state index contributed by atoms with van der Waals surface area (Å²) in [7, 11) is 2.14. The van der Waals surface area contributed by atoms with Gasteiger partial charge in [-0.2, -0.15) is 0 Å². The van der Waals surface area contributed by atoms with Crippen molar-refractivity contribution in [3.8, 4) is 0 Å². The average molecular weight is 272 g/mol. The van der Waals surface area contributed by atoms with E-state index in [9.17, 15) is 4.79 Å². The molecule has 0 spiro atoms. The van der Waals surface area contributed by atoms with E-state index in [0.29, 0.717) is 19.7 Å². The summed E-state index contributed by atoms with van der Waals surface area (Å²) in [5.74, 6) is -0.0735. The summed E-state index contributed by atoms with van der Waals surface area (Å²) in [4.78, 5) is 16.3. The molecule has 0 unspecified atom stereocenters. The van der Waals surface area contributed by atoms with Gasteiger partial charge < -0.3 is 20.7 Å². The van der Waals surface area contributed by atoms with Crippen molar-refractivity contribution in [2.75, 3.05) is 59.5 Å². The highest BCUT2D eigenvalue weighted by molar-refractivity contribution is 5.77. The zero-order chi connectivity index (χ0) is 14.3. The molecule has 1 fully saturated rings. The van der Waals surface area contributed by atoms with Crippen LogP contribution in [0.25, 0.3) is 0 Å². The second-order valence-corrected chi connectivity index (χ2v) is 5.72. The normalized spacial score (nSPS) is 18.5. The van der Waals surface area contributed by atoms with Crippen LogP contribution in [0.4, 0.5) is 0 Å². The third-order valence-corrected chi connectivity index (χ3v) is 3.57. The Hall–Kier alpha value is -0.690. The summed E-state index contributed by atoms with van der Waals surface area (Å²) in [5.41, 5.74) is 5.28. The van der Waals surface area contributed by atoms with Crippen LogP contribution in [-0.4, -0.2) is 80.8 Å². The summed E-state index contributed by atoms with van der Waals surface area (Å²) in [6, 6.07) is 0. The molecule has 1 aliphatic heterocycles. The molecule has 1 amide bonds. The highest BCUT2D eigenvalue weighted by Gasteiger charge is 2.29. The standard InChI is InChI=1S/C13H28N4O2/c1-13(2,17-7-5-16(3)6-8-17)11-15-12(18)10-19-9-4-14/h4-11,14H2,1-3H3,(H,15,18). The molecular weight excluding hydrogens is 244 g/mol. The molecule has 0 bridgehead atoms. The first-order chi connectivity index (χ1) is 8.95. The Morgan fingerprint density at radius 2 is 1.95 bits per heavy atom. The lowest BCUT2D eigenvalue weighted by Gasteiger charge is -2.43. The Morgan fingerprint density at radius 3 is 2.53 bits per heavy atom. The Labute approximate surface area is 116 Å². The maximum atomic E-state index is 11.6. The van der Waals surface area contributed by atoms with Crippen LogP contribution in [0, 0.1) is 0 Å². The van der Waals surface area contributed by atoms with E-state index in [1.165, 1.54) is 0 Å². The zero-order valence-electron chi connectivity index (χ0n) is 12.4. The average Bonchev–Trinajstić information content (AvgIpc) is 2.37. The Balaban J connectivity index is 2.27. The van der Waals surface area contributed by atoms with E-state index in [-0.39, 0.29) is 18.1 Å². The molecule has 0 aromatic carbocycles. The Kier molecular flexibility index (Phi) is 6.71. The minimum absolute atomic E-state index is 0.0230. The maximum absolute atomic E-state index is 11.6. The molecule has 1 saturated heterocycles. The van der Waals surface area contributed by atoms with Gasteiger partial charge in [-0.15, -0.1) is 0 Å². The quantitative estimate of drug-likeness (QED) is 0.588. The largest absolute Gasteiger partial charge is 0.370 e. The highest BCUT2D eigenvalue weighted by atomic mass is 16.5. The minimum atomic E-state index is -0.0735. The van der Waals surface area contributed by atoms with Gasteiger partial charge in [0.2, 0.25) is 5.91 Å². The van der Waals surface area contributed by atoms with Crippen LogP contribution in [0.3, 0.4) is 0 Å². The Morgan fingerprint density at radius 1 is 1.32 bits per heavy atom. The van der Waals surface area contributed by atoms with Crippen molar-refractivity contribution in [1.29, 1.82) is 0 Å². The van der Waals surface area contributed by atoms with E-state index < -0.39 is 0 Å². The second-order valence-electron chi connectivity index (χ2n) is 5.72. The predicted molar refractivity (Wildman–Crippen MR) is 76.0 cm³/mol. The van der Waals surface area contributed by atoms with E-state index in [1.54, 1.807) is 0 Å². The van der Waals surface area contributed by atoms with Crippen LogP contribution in [0.5, 0.6) is 0 Å². The zero-order valence-corrected chi connectivity index (χ0v) is 12.4. The molecule has 112 valence electrons. The monoisotopic (exact) mass is 272 g/mol. The number of amides is 1. The summed E-state index contributed by atoms with van der Waals surface area (Å²) in [6.07, 6.45) is 0. The lowest BCUT2D eigenvalue weighted by atomic mass is 10.0. The van der Waals surface area contributed by atoms with Crippen LogP contribution in [0.15, 0.2) is 0 Å². The molecule has 6 heteroatoms. The van der Waals surface area contributed by atoms with Crippen molar-refractivity contribution in [2.24, 2.45) is 5.73 Å². The molecule has 0 radical (unpaired) electrons. The number of hydrogen-bond acceptors (Lipinski definition) is 5. The van der Waals surface area contributed by atoms with E-state index in [2.05, 4.69) is 36.0 Å². The first kappa shape index (κ1) is 16.4. The molecule has 1 aliphatic rings.